The average Bonchev–Trinajstić information content (AvgIpc) is 2.28. The van der Waals surface area contributed by atoms with Gasteiger partial charge in [0.25, 0.3) is 0 Å². The van der Waals surface area contributed by atoms with Gasteiger partial charge in [0, 0.05) is 20.2 Å². The van der Waals surface area contributed by atoms with Crippen LogP contribution in [-0.4, -0.2) is 65.9 Å². The first-order chi connectivity index (χ1) is 8.42. The van der Waals surface area contributed by atoms with Gasteiger partial charge in [0.15, 0.2) is 0 Å². The third kappa shape index (κ3) is 6.04. The SMILES string of the molecule is CCN(CCOC)C(=O)NC(CC(=O)O)C(=O)O. The number of nitrogens with one attached hydrogen (secondary N) is 1. The van der Waals surface area contributed by atoms with Crippen LogP contribution in [0.15, 0.2) is 0 Å². The molecule has 18 heavy (non-hydrogen) atoms. The van der Waals surface area contributed by atoms with Crippen molar-refractivity contribution in [1.29, 1.82) is 0 Å². The molecule has 3 N–H and O–H groups in total. The molecule has 0 aliphatic rings. The van der Waals surface area contributed by atoms with E-state index < -0.39 is 30.4 Å². The summed E-state index contributed by atoms with van der Waals surface area (Å²) in [4.78, 5) is 34.2. The molecule has 0 bridgehead atoms. The van der Waals surface area contributed by atoms with Crippen LogP contribution in [0.25, 0.3) is 0 Å². The first kappa shape index (κ1) is 16.2. The number of rotatable bonds is 8. The number of methoxy groups -OCH3 is 1. The molecule has 0 aliphatic carbocycles. The van der Waals surface area contributed by atoms with E-state index in [-0.39, 0.29) is 0 Å². The maximum atomic E-state index is 11.7. The summed E-state index contributed by atoms with van der Waals surface area (Å²) in [5.41, 5.74) is 0. The van der Waals surface area contributed by atoms with Crippen LogP contribution in [0.3, 0.4) is 0 Å². The van der Waals surface area contributed by atoms with Gasteiger partial charge in [-0.3, -0.25) is 4.79 Å². The highest BCUT2D eigenvalue weighted by Gasteiger charge is 2.24. The molecule has 8 nitrogen and oxygen atoms in total. The van der Waals surface area contributed by atoms with Crippen molar-refractivity contribution in [3.8, 4) is 0 Å². The van der Waals surface area contributed by atoms with Crippen LogP contribution < -0.4 is 5.32 Å². The number of amides is 2. The first-order valence-corrected chi connectivity index (χ1v) is 5.41. The molecule has 104 valence electrons. The number of likely N-dealkylation sites (N-methyl/N-ethyl adjacent to an activating group) is 1. The van der Waals surface area contributed by atoms with Gasteiger partial charge < -0.3 is 25.2 Å². The van der Waals surface area contributed by atoms with E-state index >= 15 is 0 Å². The van der Waals surface area contributed by atoms with E-state index in [2.05, 4.69) is 5.32 Å². The van der Waals surface area contributed by atoms with Crippen molar-refractivity contribution < 1.29 is 29.3 Å². The quantitative estimate of drug-likeness (QED) is 0.547. The van der Waals surface area contributed by atoms with Crippen molar-refractivity contribution in [2.24, 2.45) is 0 Å². The van der Waals surface area contributed by atoms with E-state index in [1.54, 1.807) is 6.92 Å². The van der Waals surface area contributed by atoms with Gasteiger partial charge in [-0.1, -0.05) is 0 Å². The maximum Gasteiger partial charge on any atom is 0.326 e. The van der Waals surface area contributed by atoms with Crippen LogP contribution in [0.1, 0.15) is 13.3 Å². The highest BCUT2D eigenvalue weighted by molar-refractivity contribution is 5.86. The fraction of sp³-hybridized carbons (Fsp3) is 0.700. The lowest BCUT2D eigenvalue weighted by Crippen LogP contribution is -2.49. The molecule has 0 fully saturated rings. The fourth-order valence-corrected chi connectivity index (χ4v) is 1.22. The number of hydrogen-bond donors (Lipinski definition) is 3. The number of hydrogen-bond acceptors (Lipinski definition) is 4. The molecule has 0 radical (unpaired) electrons. The van der Waals surface area contributed by atoms with E-state index in [0.29, 0.717) is 19.7 Å². The molecular formula is C10H18N2O6. The van der Waals surface area contributed by atoms with E-state index in [4.69, 9.17) is 14.9 Å². The molecule has 0 aromatic heterocycles. The zero-order valence-electron chi connectivity index (χ0n) is 10.4. The molecule has 2 amide bonds. The van der Waals surface area contributed by atoms with Crippen molar-refractivity contribution >= 4 is 18.0 Å². The Morgan fingerprint density at radius 1 is 1.33 bits per heavy atom. The molecular weight excluding hydrogens is 244 g/mol. The predicted octanol–water partition coefficient (Wildman–Crippen LogP) is -0.408. The Balaban J connectivity index is 4.46. The minimum Gasteiger partial charge on any atom is -0.481 e. The highest BCUT2D eigenvalue weighted by Crippen LogP contribution is 1.97. The van der Waals surface area contributed by atoms with Crippen LogP contribution >= 0.6 is 0 Å². The summed E-state index contributed by atoms with van der Waals surface area (Å²) in [5.74, 6) is -2.67. The zero-order valence-corrected chi connectivity index (χ0v) is 10.4. The Morgan fingerprint density at radius 2 is 1.94 bits per heavy atom. The van der Waals surface area contributed by atoms with Gasteiger partial charge in [-0.15, -0.1) is 0 Å². The molecule has 0 aromatic carbocycles. The number of urea groups is 1. The molecule has 0 heterocycles. The Morgan fingerprint density at radius 3 is 2.33 bits per heavy atom. The summed E-state index contributed by atoms with van der Waals surface area (Å²) in [6, 6.07) is -2.06. The van der Waals surface area contributed by atoms with Crippen LogP contribution in [-0.2, 0) is 14.3 Å². The Bertz CT molecular complexity index is 307. The number of carbonyl (C=O) groups excluding carboxylic acids is 1. The van der Waals surface area contributed by atoms with Gasteiger partial charge in [-0.2, -0.15) is 0 Å². The summed E-state index contributed by atoms with van der Waals surface area (Å²) in [6.07, 6.45) is -0.664. The van der Waals surface area contributed by atoms with Gasteiger partial charge >= 0.3 is 18.0 Å². The Hall–Kier alpha value is -1.83. The molecule has 0 aromatic rings. The molecule has 0 saturated carbocycles. The van der Waals surface area contributed by atoms with Gasteiger partial charge in [-0.05, 0) is 6.92 Å². The summed E-state index contributed by atoms with van der Waals surface area (Å²) in [7, 11) is 1.48. The Labute approximate surface area is 105 Å². The lowest BCUT2D eigenvalue weighted by Gasteiger charge is -2.23. The van der Waals surface area contributed by atoms with Gasteiger partial charge in [0.2, 0.25) is 0 Å². The summed E-state index contributed by atoms with van der Waals surface area (Å²) in [5, 5.41) is 19.5. The summed E-state index contributed by atoms with van der Waals surface area (Å²) < 4.78 is 4.81. The topological polar surface area (TPSA) is 116 Å². The largest absolute Gasteiger partial charge is 0.481 e. The monoisotopic (exact) mass is 262 g/mol. The molecule has 0 saturated heterocycles. The van der Waals surface area contributed by atoms with Crippen molar-refractivity contribution in [2.45, 2.75) is 19.4 Å². The predicted molar refractivity (Wildman–Crippen MR) is 61.3 cm³/mol. The molecule has 0 spiro atoms. The van der Waals surface area contributed by atoms with Crippen LogP contribution in [0.2, 0.25) is 0 Å². The second-order valence-corrected chi connectivity index (χ2v) is 3.51. The lowest BCUT2D eigenvalue weighted by molar-refractivity contribution is -0.145. The summed E-state index contributed by atoms with van der Waals surface area (Å²) in [6.45, 7) is 2.72. The standard InChI is InChI=1S/C10H18N2O6/c1-3-12(4-5-18-2)10(17)11-7(9(15)16)6-8(13)14/h7H,3-6H2,1-2H3,(H,11,17)(H,13,14)(H,15,16). The van der Waals surface area contributed by atoms with Crippen molar-refractivity contribution in [2.75, 3.05) is 26.8 Å². The van der Waals surface area contributed by atoms with E-state index in [1.807, 2.05) is 0 Å². The fourth-order valence-electron chi connectivity index (χ4n) is 1.22. The molecule has 0 rings (SSSR count). The molecule has 8 heteroatoms. The molecule has 1 unspecified atom stereocenters. The van der Waals surface area contributed by atoms with Crippen LogP contribution in [0.4, 0.5) is 4.79 Å². The smallest absolute Gasteiger partial charge is 0.326 e. The summed E-state index contributed by atoms with van der Waals surface area (Å²) >= 11 is 0. The lowest BCUT2D eigenvalue weighted by atomic mass is 10.2. The maximum absolute atomic E-state index is 11.7. The third-order valence-electron chi connectivity index (χ3n) is 2.21. The van der Waals surface area contributed by atoms with Crippen molar-refractivity contribution in [3.05, 3.63) is 0 Å². The highest BCUT2D eigenvalue weighted by atomic mass is 16.5. The first-order valence-electron chi connectivity index (χ1n) is 5.41. The minimum atomic E-state index is -1.44. The zero-order chi connectivity index (χ0) is 14.1. The number of carboxylic acids is 2. The van der Waals surface area contributed by atoms with Crippen molar-refractivity contribution in [1.82, 2.24) is 10.2 Å². The second kappa shape index (κ2) is 8.29. The number of ether oxygens (including phenoxy) is 1. The average molecular weight is 262 g/mol. The number of nitrogens with zero attached hydrogens (tertiary/aromatic N) is 1. The van der Waals surface area contributed by atoms with Gasteiger partial charge in [0.1, 0.15) is 6.04 Å². The number of carbonyl (C=O) groups is 3. The molecule has 0 aliphatic heterocycles. The second-order valence-electron chi connectivity index (χ2n) is 3.51. The normalized spacial score (nSPS) is 11.7. The van der Waals surface area contributed by atoms with E-state index in [9.17, 15) is 14.4 Å². The van der Waals surface area contributed by atoms with Gasteiger partial charge in [0.05, 0.1) is 13.0 Å². The molecule has 1 atom stereocenters. The van der Waals surface area contributed by atoms with Crippen LogP contribution in [0.5, 0.6) is 0 Å². The minimum absolute atomic E-state index is 0.304. The van der Waals surface area contributed by atoms with Crippen molar-refractivity contribution in [3.63, 3.8) is 0 Å². The third-order valence-corrected chi connectivity index (χ3v) is 2.21. The van der Waals surface area contributed by atoms with E-state index in [1.165, 1.54) is 12.0 Å². The number of carboxylic acid groups (broad SMARTS) is 2. The number of aliphatic carboxylic acids is 2. The Kier molecular flexibility index (Phi) is 7.45. The van der Waals surface area contributed by atoms with E-state index in [0.717, 1.165) is 0 Å². The van der Waals surface area contributed by atoms with Crippen LogP contribution in [0, 0.1) is 0 Å². The van der Waals surface area contributed by atoms with Gasteiger partial charge in [-0.25, -0.2) is 9.59 Å².